The van der Waals surface area contributed by atoms with Crippen LogP contribution in [0.25, 0.3) is 0 Å². The van der Waals surface area contributed by atoms with Gasteiger partial charge in [0.25, 0.3) is 9.04 Å². The Kier molecular flexibility index (Phi) is 5.28. The predicted molar refractivity (Wildman–Crippen MR) is 105 cm³/mol. The van der Waals surface area contributed by atoms with Crippen LogP contribution in [0.5, 0.6) is 5.75 Å². The Bertz CT molecular complexity index is 826. The van der Waals surface area contributed by atoms with Gasteiger partial charge in [-0.25, -0.2) is 4.99 Å². The molecule has 0 fully saturated rings. The number of rotatable bonds is 5. The standard InChI is InChI=1S/C20H20NOSSi/c1-15-9-7-12-17(22-24(2)3)19(15)21-20(18-13-8-14-23-18)16-10-5-4-6-11-16/h4-14H,1-3H3. The van der Waals surface area contributed by atoms with Gasteiger partial charge < -0.3 is 4.43 Å². The second-order valence-electron chi connectivity index (χ2n) is 5.74. The number of aliphatic imine (C=N–C) groups is 1. The maximum Gasteiger partial charge on any atom is 0.274 e. The summed E-state index contributed by atoms with van der Waals surface area (Å²) in [5.74, 6) is 0.874. The minimum atomic E-state index is -0.845. The van der Waals surface area contributed by atoms with Crippen molar-refractivity contribution in [3.05, 3.63) is 82.0 Å². The highest BCUT2D eigenvalue weighted by Gasteiger charge is 2.13. The highest BCUT2D eigenvalue weighted by Crippen LogP contribution is 2.33. The van der Waals surface area contributed by atoms with Crippen molar-refractivity contribution in [1.29, 1.82) is 0 Å². The van der Waals surface area contributed by atoms with Crippen LogP contribution in [-0.4, -0.2) is 14.8 Å². The Morgan fingerprint density at radius 1 is 0.958 bits per heavy atom. The van der Waals surface area contributed by atoms with Gasteiger partial charge in [0.05, 0.1) is 10.6 Å². The zero-order chi connectivity index (χ0) is 16.9. The Balaban J connectivity index is 2.16. The minimum absolute atomic E-state index is 0.845. The summed E-state index contributed by atoms with van der Waals surface area (Å²) in [5.41, 5.74) is 4.16. The fourth-order valence-electron chi connectivity index (χ4n) is 2.46. The fourth-order valence-corrected chi connectivity index (χ4v) is 3.80. The monoisotopic (exact) mass is 350 g/mol. The molecular weight excluding hydrogens is 330 g/mol. The van der Waals surface area contributed by atoms with Gasteiger partial charge in [-0.05, 0) is 43.1 Å². The molecule has 3 aromatic rings. The van der Waals surface area contributed by atoms with Crippen molar-refractivity contribution >= 4 is 31.8 Å². The molecule has 0 amide bonds. The van der Waals surface area contributed by atoms with Crippen LogP contribution in [0.3, 0.4) is 0 Å². The number of benzene rings is 2. The molecule has 0 aliphatic rings. The van der Waals surface area contributed by atoms with E-state index in [2.05, 4.69) is 55.7 Å². The summed E-state index contributed by atoms with van der Waals surface area (Å²) in [6, 6.07) is 20.6. The number of hydrogen-bond donors (Lipinski definition) is 0. The first-order chi connectivity index (χ1) is 11.6. The van der Waals surface area contributed by atoms with Gasteiger partial charge in [-0.1, -0.05) is 48.5 Å². The van der Waals surface area contributed by atoms with Crippen LogP contribution < -0.4 is 4.43 Å². The SMILES string of the molecule is Cc1cccc(O[Si](C)C)c1N=C(c1ccccc1)c1cccs1. The topological polar surface area (TPSA) is 21.6 Å². The van der Waals surface area contributed by atoms with Crippen molar-refractivity contribution in [2.45, 2.75) is 20.0 Å². The highest BCUT2D eigenvalue weighted by molar-refractivity contribution is 7.12. The summed E-state index contributed by atoms with van der Waals surface area (Å²) in [4.78, 5) is 6.20. The third kappa shape index (κ3) is 3.83. The molecule has 1 aromatic heterocycles. The highest BCUT2D eigenvalue weighted by atomic mass is 32.1. The molecule has 0 aliphatic carbocycles. The van der Waals surface area contributed by atoms with E-state index < -0.39 is 9.04 Å². The van der Waals surface area contributed by atoms with Gasteiger partial charge in [0.1, 0.15) is 11.4 Å². The zero-order valence-corrected chi connectivity index (χ0v) is 15.9. The number of nitrogens with zero attached hydrogens (tertiary/aromatic N) is 1. The van der Waals surface area contributed by atoms with Crippen molar-refractivity contribution in [2.24, 2.45) is 4.99 Å². The van der Waals surface area contributed by atoms with Crippen LogP contribution in [0.2, 0.25) is 13.1 Å². The molecule has 24 heavy (non-hydrogen) atoms. The summed E-state index contributed by atoms with van der Waals surface area (Å²) >= 11 is 1.71. The molecule has 0 saturated carbocycles. The van der Waals surface area contributed by atoms with Gasteiger partial charge in [0, 0.05) is 5.56 Å². The number of thiophene rings is 1. The fraction of sp³-hybridized carbons (Fsp3) is 0.150. The molecule has 2 aromatic carbocycles. The average Bonchev–Trinajstić information content (AvgIpc) is 3.09. The van der Waals surface area contributed by atoms with Crippen LogP contribution in [0.1, 0.15) is 16.0 Å². The lowest BCUT2D eigenvalue weighted by Gasteiger charge is -2.14. The molecule has 0 aliphatic heterocycles. The average molecular weight is 351 g/mol. The number of aryl methyl sites for hydroxylation is 1. The van der Waals surface area contributed by atoms with E-state index >= 15 is 0 Å². The van der Waals surface area contributed by atoms with Gasteiger partial charge in [0.15, 0.2) is 0 Å². The van der Waals surface area contributed by atoms with Crippen molar-refractivity contribution in [2.75, 3.05) is 0 Å². The normalized spacial score (nSPS) is 11.8. The van der Waals surface area contributed by atoms with E-state index in [4.69, 9.17) is 9.42 Å². The van der Waals surface area contributed by atoms with E-state index in [1.807, 2.05) is 30.3 Å². The molecule has 1 radical (unpaired) electrons. The lowest BCUT2D eigenvalue weighted by Crippen LogP contribution is -2.11. The molecule has 0 saturated heterocycles. The molecule has 4 heteroatoms. The van der Waals surface area contributed by atoms with Crippen molar-refractivity contribution in [3.8, 4) is 5.75 Å². The van der Waals surface area contributed by atoms with Crippen LogP contribution >= 0.6 is 11.3 Å². The number of para-hydroxylation sites is 1. The van der Waals surface area contributed by atoms with E-state index in [1.165, 1.54) is 0 Å². The lowest BCUT2D eigenvalue weighted by atomic mass is 10.1. The maximum atomic E-state index is 6.08. The summed E-state index contributed by atoms with van der Waals surface area (Å²) in [6.45, 7) is 6.36. The van der Waals surface area contributed by atoms with Crippen molar-refractivity contribution in [3.63, 3.8) is 0 Å². The molecule has 1 heterocycles. The lowest BCUT2D eigenvalue weighted by molar-refractivity contribution is 0.581. The summed E-state index contributed by atoms with van der Waals surface area (Å²) < 4.78 is 6.08. The van der Waals surface area contributed by atoms with Crippen LogP contribution in [0.4, 0.5) is 5.69 Å². The Morgan fingerprint density at radius 3 is 2.42 bits per heavy atom. The Morgan fingerprint density at radius 2 is 1.75 bits per heavy atom. The third-order valence-corrected chi connectivity index (χ3v) is 5.04. The summed E-state index contributed by atoms with van der Waals surface area (Å²) in [5, 5.41) is 2.09. The molecule has 0 spiro atoms. The second-order valence-corrected chi connectivity index (χ2v) is 8.70. The van der Waals surface area contributed by atoms with E-state index in [9.17, 15) is 0 Å². The quantitative estimate of drug-likeness (QED) is 0.417. The molecule has 0 N–H and O–H groups in total. The van der Waals surface area contributed by atoms with Gasteiger partial charge in [-0.2, -0.15) is 0 Å². The molecule has 3 rings (SSSR count). The van der Waals surface area contributed by atoms with Gasteiger partial charge in [0.2, 0.25) is 0 Å². The van der Waals surface area contributed by atoms with Crippen molar-refractivity contribution in [1.82, 2.24) is 0 Å². The zero-order valence-electron chi connectivity index (χ0n) is 14.1. The summed E-state index contributed by atoms with van der Waals surface area (Å²) in [7, 11) is -0.845. The third-order valence-electron chi connectivity index (χ3n) is 3.54. The Hall–Kier alpha value is -2.17. The minimum Gasteiger partial charge on any atom is -0.541 e. The first kappa shape index (κ1) is 16.7. The first-order valence-corrected chi connectivity index (χ1v) is 11.2. The van der Waals surface area contributed by atoms with Gasteiger partial charge >= 0.3 is 0 Å². The molecule has 121 valence electrons. The molecule has 0 unspecified atom stereocenters. The molecule has 2 nitrogen and oxygen atoms in total. The van der Waals surface area contributed by atoms with Gasteiger partial charge in [-0.15, -0.1) is 11.3 Å². The van der Waals surface area contributed by atoms with Crippen molar-refractivity contribution < 1.29 is 4.43 Å². The van der Waals surface area contributed by atoms with E-state index in [0.717, 1.165) is 33.2 Å². The smallest absolute Gasteiger partial charge is 0.274 e. The maximum absolute atomic E-state index is 6.08. The largest absolute Gasteiger partial charge is 0.541 e. The molecule has 0 bridgehead atoms. The van der Waals surface area contributed by atoms with E-state index in [0.29, 0.717) is 0 Å². The van der Waals surface area contributed by atoms with E-state index in [1.54, 1.807) is 11.3 Å². The number of hydrogen-bond acceptors (Lipinski definition) is 3. The Labute approximate surface area is 149 Å². The van der Waals surface area contributed by atoms with Gasteiger partial charge in [-0.3, -0.25) is 0 Å². The first-order valence-electron chi connectivity index (χ1n) is 7.91. The molecular formula is C20H20NOSSi. The summed E-state index contributed by atoms with van der Waals surface area (Å²) in [6.07, 6.45) is 0. The predicted octanol–water partition coefficient (Wildman–Crippen LogP) is 5.86. The van der Waals surface area contributed by atoms with E-state index in [-0.39, 0.29) is 0 Å². The van der Waals surface area contributed by atoms with Crippen LogP contribution in [0, 0.1) is 6.92 Å². The molecule has 0 atom stereocenters. The van der Waals surface area contributed by atoms with Crippen LogP contribution in [0.15, 0.2) is 71.0 Å². The second kappa shape index (κ2) is 7.60. The van der Waals surface area contributed by atoms with Crippen LogP contribution in [-0.2, 0) is 0 Å².